The third kappa shape index (κ3) is 1.99. The minimum atomic E-state index is -0.104. The maximum absolute atomic E-state index is 2.77. The van der Waals surface area contributed by atoms with Crippen molar-refractivity contribution in [2.75, 3.05) is 0 Å². The molecule has 0 saturated heterocycles. The van der Waals surface area contributed by atoms with Crippen molar-refractivity contribution in [2.45, 2.75) is 44.2 Å². The summed E-state index contributed by atoms with van der Waals surface area (Å²) in [6, 6.07) is 28.1. The monoisotopic (exact) mass is 400 g/mol. The molecule has 6 heterocycles. The van der Waals surface area contributed by atoms with E-state index in [4.69, 9.17) is 0 Å². The lowest BCUT2D eigenvalue weighted by atomic mass is 9.87. The predicted octanol–water partition coefficient (Wildman–Crippen LogP) is 3.56. The summed E-state index contributed by atoms with van der Waals surface area (Å²) in [6.45, 7) is 0. The maximum Gasteiger partial charge on any atom is 0.369 e. The Morgan fingerprint density at radius 3 is 1.13 bits per heavy atom. The summed E-state index contributed by atoms with van der Waals surface area (Å²) in [5, 5.41) is 0. The van der Waals surface area contributed by atoms with Gasteiger partial charge >= 0.3 is 5.66 Å². The molecule has 0 aliphatic carbocycles. The smallest absolute Gasteiger partial charge is 0.135 e. The second-order valence-corrected chi connectivity index (χ2v) is 9.84. The predicted molar refractivity (Wildman–Crippen MR) is 118 cm³/mol. The normalized spacial score (nSPS) is 17.8. The number of hydrogen-bond acceptors (Lipinski definition) is 0. The summed E-state index contributed by atoms with van der Waals surface area (Å²) < 4.78 is 5.54. The van der Waals surface area contributed by atoms with Crippen LogP contribution in [0.1, 0.15) is 56.2 Å². The van der Waals surface area contributed by atoms with Gasteiger partial charge in [0.1, 0.15) is 12.8 Å². The zero-order valence-corrected chi connectivity index (χ0v) is 17.6. The molecule has 31 heavy (non-hydrogen) atoms. The van der Waals surface area contributed by atoms with Crippen LogP contribution in [0.2, 0.25) is 0 Å². The van der Waals surface area contributed by atoms with E-state index in [1.165, 1.54) is 45.0 Å². The first-order chi connectivity index (χ1) is 15.3. The Balaban J connectivity index is 1.62. The number of rotatable bonds is 0. The molecule has 2 aromatic heterocycles. The lowest BCUT2D eigenvalue weighted by Gasteiger charge is -2.25. The molecule has 0 fully saturated rings. The van der Waals surface area contributed by atoms with Crippen molar-refractivity contribution in [3.63, 3.8) is 0 Å². The molecule has 0 unspecified atom stereocenters. The first-order valence-corrected chi connectivity index (χ1v) is 11.6. The fraction of sp³-hybridized carbons (Fsp3) is 0.241. The summed E-state index contributed by atoms with van der Waals surface area (Å²) in [5.74, 6) is 0. The van der Waals surface area contributed by atoms with E-state index in [-0.39, 0.29) is 5.66 Å². The third-order valence-corrected chi connectivity index (χ3v) is 8.28. The summed E-state index contributed by atoms with van der Waals surface area (Å²) in [4.78, 5) is 0. The molecule has 3 bridgehead atoms. The molecule has 0 N–H and O–H groups in total. The molecule has 8 rings (SSSR count). The van der Waals surface area contributed by atoms with Gasteiger partial charge in [0.2, 0.25) is 0 Å². The van der Waals surface area contributed by atoms with E-state index in [1.807, 2.05) is 0 Å². The molecule has 1 spiro atoms. The fourth-order valence-corrected chi connectivity index (χ4v) is 7.15. The van der Waals surface area contributed by atoms with Gasteiger partial charge in [-0.05, 0) is 45.5 Å². The average molecular weight is 401 g/mol. The molecule has 4 aromatic rings. The Morgan fingerprint density at radius 1 is 0.452 bits per heavy atom. The Kier molecular flexibility index (Phi) is 2.92. The molecule has 2 nitrogen and oxygen atoms in total. The first kappa shape index (κ1) is 16.4. The average Bonchev–Trinajstić information content (AvgIpc) is 3.15. The van der Waals surface area contributed by atoms with Crippen LogP contribution in [-0.4, -0.2) is 0 Å². The topological polar surface area (TPSA) is 7.76 Å². The first-order valence-electron chi connectivity index (χ1n) is 11.6. The van der Waals surface area contributed by atoms with E-state index >= 15 is 0 Å². The van der Waals surface area contributed by atoms with Crippen LogP contribution in [0.15, 0.2) is 72.8 Å². The zero-order valence-electron chi connectivity index (χ0n) is 17.6. The van der Waals surface area contributed by atoms with Crippen molar-refractivity contribution in [1.82, 2.24) is 0 Å². The van der Waals surface area contributed by atoms with E-state index in [0.29, 0.717) is 0 Å². The highest BCUT2D eigenvalue weighted by atomic mass is 15.3. The summed E-state index contributed by atoms with van der Waals surface area (Å²) in [7, 11) is 0. The van der Waals surface area contributed by atoms with Crippen LogP contribution in [-0.2, 0) is 44.2 Å². The standard InChI is InChI=1S/C29H24N2/c1-5-19-13-23-9-3-11-25-15-21-7-2-8-22-16-26-12-4-10-24-14-20(6-1)27(19)17-29(30(23)25,31(24)26)18-28(21)22/h1-12H,13-18H2/q+2. The minimum absolute atomic E-state index is 0.104. The Hall–Kier alpha value is -3.26. The van der Waals surface area contributed by atoms with E-state index in [9.17, 15) is 0 Å². The molecule has 0 radical (unpaired) electrons. The molecule has 2 aromatic carbocycles. The van der Waals surface area contributed by atoms with Gasteiger partial charge in [0.25, 0.3) is 0 Å². The van der Waals surface area contributed by atoms with Crippen molar-refractivity contribution in [2.24, 2.45) is 0 Å². The lowest BCUT2D eigenvalue weighted by Crippen LogP contribution is -2.78. The molecule has 0 atom stereocenters. The van der Waals surface area contributed by atoms with Crippen LogP contribution in [0.5, 0.6) is 0 Å². The highest BCUT2D eigenvalue weighted by Gasteiger charge is 2.60. The van der Waals surface area contributed by atoms with Crippen molar-refractivity contribution in [3.8, 4) is 0 Å². The molecular formula is C29H24N2+2. The highest BCUT2D eigenvalue weighted by molar-refractivity contribution is 5.45. The van der Waals surface area contributed by atoms with Crippen molar-refractivity contribution in [3.05, 3.63) is 129 Å². The molecule has 4 aliphatic heterocycles. The quantitative estimate of drug-likeness (QED) is 0.351. The van der Waals surface area contributed by atoms with Crippen LogP contribution in [0.3, 0.4) is 0 Å². The number of hydrogen-bond donors (Lipinski definition) is 0. The number of pyridine rings is 2. The molecular weight excluding hydrogens is 376 g/mol. The Bertz CT molecular complexity index is 1250. The minimum Gasteiger partial charge on any atom is -0.135 e. The van der Waals surface area contributed by atoms with Gasteiger partial charge in [0.15, 0.2) is 22.8 Å². The second-order valence-electron chi connectivity index (χ2n) is 9.84. The van der Waals surface area contributed by atoms with Gasteiger partial charge in [-0.2, -0.15) is 0 Å². The van der Waals surface area contributed by atoms with Crippen LogP contribution in [0, 0.1) is 0 Å². The van der Waals surface area contributed by atoms with Crippen LogP contribution in [0.25, 0.3) is 0 Å². The van der Waals surface area contributed by atoms with E-state index < -0.39 is 0 Å². The number of aromatic nitrogens is 2. The SMILES string of the molecule is c1cc2c3c(c1)Cc1cccc4[n+]1C1(C3)Cc3c(cccc3C4)Cc3cccc([n+]31)C2. The Morgan fingerprint density at radius 2 is 0.774 bits per heavy atom. The number of nitrogens with zero attached hydrogens (tertiary/aromatic N) is 2. The van der Waals surface area contributed by atoms with Gasteiger partial charge in [0, 0.05) is 24.3 Å². The van der Waals surface area contributed by atoms with E-state index in [0.717, 1.165) is 38.5 Å². The van der Waals surface area contributed by atoms with Crippen LogP contribution >= 0.6 is 0 Å². The van der Waals surface area contributed by atoms with Gasteiger partial charge in [-0.1, -0.05) is 36.4 Å². The van der Waals surface area contributed by atoms with Crippen LogP contribution in [0.4, 0.5) is 0 Å². The van der Waals surface area contributed by atoms with Crippen LogP contribution < -0.4 is 9.13 Å². The molecule has 4 aliphatic rings. The second kappa shape index (κ2) is 5.50. The summed E-state index contributed by atoms with van der Waals surface area (Å²) >= 11 is 0. The van der Waals surface area contributed by atoms with Gasteiger partial charge in [-0.3, -0.25) is 0 Å². The molecule has 0 saturated carbocycles. The third-order valence-electron chi connectivity index (χ3n) is 8.28. The fourth-order valence-electron chi connectivity index (χ4n) is 7.15. The highest BCUT2D eigenvalue weighted by Crippen LogP contribution is 2.39. The van der Waals surface area contributed by atoms with Gasteiger partial charge in [-0.25, -0.2) is 0 Å². The summed E-state index contributed by atoms with van der Waals surface area (Å²) in [6.07, 6.45) is 6.27. The van der Waals surface area contributed by atoms with Gasteiger partial charge in [-0.15, -0.1) is 9.13 Å². The van der Waals surface area contributed by atoms with E-state index in [2.05, 4.69) is 81.9 Å². The molecule has 148 valence electrons. The van der Waals surface area contributed by atoms with E-state index in [1.54, 1.807) is 11.1 Å². The number of benzene rings is 2. The molecule has 0 amide bonds. The van der Waals surface area contributed by atoms with Crippen molar-refractivity contribution in [1.29, 1.82) is 0 Å². The van der Waals surface area contributed by atoms with Gasteiger partial charge < -0.3 is 0 Å². The summed E-state index contributed by atoms with van der Waals surface area (Å²) in [5.41, 5.74) is 15.0. The molecule has 2 heteroatoms. The largest absolute Gasteiger partial charge is 0.369 e. The maximum atomic E-state index is 2.77. The van der Waals surface area contributed by atoms with Gasteiger partial charge in [0.05, 0.1) is 25.7 Å². The Labute approximate surface area is 182 Å². The van der Waals surface area contributed by atoms with Crippen molar-refractivity contribution >= 4 is 0 Å². The lowest BCUT2D eigenvalue weighted by molar-refractivity contribution is -1.00. The van der Waals surface area contributed by atoms with Crippen molar-refractivity contribution < 1.29 is 9.13 Å². The zero-order chi connectivity index (χ0) is 20.2.